The van der Waals surface area contributed by atoms with Crippen LogP contribution >= 0.6 is 0 Å². The highest BCUT2D eigenvalue weighted by Gasteiger charge is 2.12. The number of amidine groups is 2. The molecule has 4 aromatic rings. The van der Waals surface area contributed by atoms with Gasteiger partial charge in [-0.15, -0.1) is 0 Å². The number of nitrogens with two attached hydrogens (primary N) is 2. The molecule has 7 heteroatoms. The average molecular weight is 428 g/mol. The first-order valence-electron chi connectivity index (χ1n) is 10.2. The van der Waals surface area contributed by atoms with Gasteiger partial charge in [-0.25, -0.2) is 0 Å². The Bertz CT molecular complexity index is 1260. The topological polar surface area (TPSA) is 131 Å². The van der Waals surface area contributed by atoms with Crippen LogP contribution < -0.4 is 20.9 Å². The van der Waals surface area contributed by atoms with Crippen LogP contribution in [0, 0.1) is 10.8 Å². The summed E-state index contributed by atoms with van der Waals surface area (Å²) in [6, 6.07) is 22.2. The van der Waals surface area contributed by atoms with Crippen molar-refractivity contribution in [1.29, 1.82) is 10.8 Å². The SMILES string of the molecule is N=C(N)c1ccc(OCCCOc2ccccc2-c2cc3ccc(C(=N)N)cc3o2)cc1. The van der Waals surface area contributed by atoms with Gasteiger partial charge >= 0.3 is 0 Å². The number of hydrogen-bond donors (Lipinski definition) is 4. The van der Waals surface area contributed by atoms with E-state index in [0.717, 1.165) is 22.4 Å². The molecule has 0 aliphatic rings. The van der Waals surface area contributed by atoms with Crippen LogP contribution in [0.5, 0.6) is 11.5 Å². The van der Waals surface area contributed by atoms with Crippen molar-refractivity contribution < 1.29 is 13.9 Å². The van der Waals surface area contributed by atoms with E-state index in [0.29, 0.717) is 42.1 Å². The predicted molar refractivity (Wildman–Crippen MR) is 126 cm³/mol. The van der Waals surface area contributed by atoms with Gasteiger partial charge in [0.1, 0.15) is 34.5 Å². The summed E-state index contributed by atoms with van der Waals surface area (Å²) in [5.74, 6) is 2.18. The Morgan fingerprint density at radius 1 is 0.781 bits per heavy atom. The van der Waals surface area contributed by atoms with Crippen LogP contribution in [0.1, 0.15) is 17.5 Å². The summed E-state index contributed by atoms with van der Waals surface area (Å²) >= 11 is 0. The second-order valence-electron chi connectivity index (χ2n) is 7.26. The minimum absolute atomic E-state index is 0.00518. The van der Waals surface area contributed by atoms with Gasteiger partial charge in [-0.1, -0.05) is 24.3 Å². The van der Waals surface area contributed by atoms with E-state index in [4.69, 9.17) is 36.2 Å². The summed E-state index contributed by atoms with van der Waals surface area (Å²) < 4.78 is 17.7. The largest absolute Gasteiger partial charge is 0.493 e. The zero-order valence-corrected chi connectivity index (χ0v) is 17.4. The summed E-state index contributed by atoms with van der Waals surface area (Å²) in [6.45, 7) is 0.983. The lowest BCUT2D eigenvalue weighted by atomic mass is 10.1. The molecule has 0 amide bonds. The fourth-order valence-electron chi connectivity index (χ4n) is 3.29. The van der Waals surface area contributed by atoms with E-state index < -0.39 is 0 Å². The van der Waals surface area contributed by atoms with Gasteiger partial charge in [-0.2, -0.15) is 0 Å². The van der Waals surface area contributed by atoms with Crippen molar-refractivity contribution in [2.24, 2.45) is 11.5 Å². The first kappa shape index (κ1) is 21.0. The second kappa shape index (κ2) is 9.26. The molecule has 0 aliphatic carbocycles. The average Bonchev–Trinajstić information content (AvgIpc) is 3.22. The third-order valence-electron chi connectivity index (χ3n) is 4.96. The Balaban J connectivity index is 1.38. The summed E-state index contributed by atoms with van der Waals surface area (Å²) in [6.07, 6.45) is 0.699. The molecule has 0 unspecified atom stereocenters. The van der Waals surface area contributed by atoms with E-state index in [-0.39, 0.29) is 11.7 Å². The maximum Gasteiger partial charge on any atom is 0.139 e. The van der Waals surface area contributed by atoms with E-state index in [1.54, 1.807) is 36.4 Å². The van der Waals surface area contributed by atoms with Crippen LogP contribution in [0.2, 0.25) is 0 Å². The molecule has 0 aliphatic heterocycles. The Hall–Kier alpha value is -4.26. The molecule has 0 spiro atoms. The van der Waals surface area contributed by atoms with E-state index in [9.17, 15) is 0 Å². The van der Waals surface area contributed by atoms with Crippen molar-refractivity contribution in [3.05, 3.63) is 83.9 Å². The predicted octanol–water partition coefficient (Wildman–Crippen LogP) is 4.52. The molecule has 0 bridgehead atoms. The van der Waals surface area contributed by atoms with Crippen LogP contribution in [0.3, 0.4) is 0 Å². The van der Waals surface area contributed by atoms with Gasteiger partial charge in [-0.05, 0) is 48.5 Å². The normalized spacial score (nSPS) is 10.8. The standard InChI is InChI=1S/C25H24N4O3/c26-24(27)16-8-10-19(11-9-16)30-12-3-13-31-21-5-2-1-4-20(21)23-14-17-6-7-18(25(28)29)15-22(17)32-23/h1-2,4-11,14-15H,3,12-13H2,(H3,26,27)(H3,28,29). The number of fused-ring (bicyclic) bond motifs is 1. The molecule has 4 rings (SSSR count). The molecule has 0 radical (unpaired) electrons. The van der Waals surface area contributed by atoms with Crippen LogP contribution in [-0.4, -0.2) is 24.9 Å². The highest BCUT2D eigenvalue weighted by atomic mass is 16.5. The number of rotatable bonds is 9. The summed E-state index contributed by atoms with van der Waals surface area (Å²) in [7, 11) is 0. The molecule has 32 heavy (non-hydrogen) atoms. The molecular formula is C25H24N4O3. The molecule has 0 fully saturated rings. The number of benzene rings is 3. The minimum Gasteiger partial charge on any atom is -0.493 e. The van der Waals surface area contributed by atoms with Crippen LogP contribution in [0.15, 0.2) is 77.2 Å². The van der Waals surface area contributed by atoms with Gasteiger partial charge in [0.25, 0.3) is 0 Å². The van der Waals surface area contributed by atoms with Gasteiger partial charge in [0, 0.05) is 22.9 Å². The number of hydrogen-bond acceptors (Lipinski definition) is 5. The van der Waals surface area contributed by atoms with E-state index in [1.807, 2.05) is 36.4 Å². The van der Waals surface area contributed by atoms with Crippen molar-refractivity contribution in [1.82, 2.24) is 0 Å². The van der Waals surface area contributed by atoms with Crippen LogP contribution in [-0.2, 0) is 0 Å². The van der Waals surface area contributed by atoms with Gasteiger partial charge in [0.2, 0.25) is 0 Å². The number of nitrogens with one attached hydrogen (secondary N) is 2. The maximum atomic E-state index is 7.60. The first-order valence-corrected chi connectivity index (χ1v) is 10.2. The second-order valence-corrected chi connectivity index (χ2v) is 7.26. The minimum atomic E-state index is 0.00518. The molecule has 7 nitrogen and oxygen atoms in total. The zero-order chi connectivity index (χ0) is 22.5. The fraction of sp³-hybridized carbons (Fsp3) is 0.120. The molecule has 1 aromatic heterocycles. The Kier molecular flexibility index (Phi) is 6.07. The zero-order valence-electron chi connectivity index (χ0n) is 17.4. The monoisotopic (exact) mass is 428 g/mol. The lowest BCUT2D eigenvalue weighted by molar-refractivity contribution is 0.248. The molecular weight excluding hydrogens is 404 g/mol. The van der Waals surface area contributed by atoms with E-state index in [2.05, 4.69) is 0 Å². The Labute approximate surface area is 185 Å². The van der Waals surface area contributed by atoms with Gasteiger partial charge in [0.05, 0.1) is 18.8 Å². The molecule has 0 atom stereocenters. The number of ether oxygens (including phenoxy) is 2. The molecule has 1 heterocycles. The van der Waals surface area contributed by atoms with Crippen molar-refractivity contribution >= 4 is 22.6 Å². The van der Waals surface area contributed by atoms with Gasteiger partial charge in [0.15, 0.2) is 0 Å². The Morgan fingerprint density at radius 3 is 2.22 bits per heavy atom. The Morgan fingerprint density at radius 2 is 1.47 bits per heavy atom. The molecule has 3 aromatic carbocycles. The third kappa shape index (κ3) is 4.73. The number of nitrogen functional groups attached to an aromatic ring is 2. The van der Waals surface area contributed by atoms with Crippen LogP contribution in [0.25, 0.3) is 22.3 Å². The van der Waals surface area contributed by atoms with Gasteiger partial charge in [-0.3, -0.25) is 10.8 Å². The molecule has 6 N–H and O–H groups in total. The summed E-state index contributed by atoms with van der Waals surface area (Å²) in [4.78, 5) is 0. The molecule has 0 saturated heterocycles. The van der Waals surface area contributed by atoms with Crippen molar-refractivity contribution in [3.63, 3.8) is 0 Å². The quantitative estimate of drug-likeness (QED) is 0.177. The summed E-state index contributed by atoms with van der Waals surface area (Å²) in [5, 5.41) is 16.0. The third-order valence-corrected chi connectivity index (χ3v) is 4.96. The van der Waals surface area contributed by atoms with Gasteiger partial charge < -0.3 is 25.4 Å². The number of furan rings is 1. The van der Waals surface area contributed by atoms with Crippen molar-refractivity contribution in [2.75, 3.05) is 13.2 Å². The lowest BCUT2D eigenvalue weighted by Crippen LogP contribution is -2.10. The first-order chi connectivity index (χ1) is 15.5. The number of para-hydroxylation sites is 1. The smallest absolute Gasteiger partial charge is 0.139 e. The highest BCUT2D eigenvalue weighted by Crippen LogP contribution is 2.34. The fourth-order valence-corrected chi connectivity index (χ4v) is 3.29. The van der Waals surface area contributed by atoms with Crippen molar-refractivity contribution in [3.8, 4) is 22.8 Å². The van der Waals surface area contributed by atoms with Crippen LogP contribution in [0.4, 0.5) is 0 Å². The summed E-state index contributed by atoms with van der Waals surface area (Å²) in [5.41, 5.74) is 13.9. The molecule has 162 valence electrons. The highest BCUT2D eigenvalue weighted by molar-refractivity contribution is 5.98. The lowest BCUT2D eigenvalue weighted by Gasteiger charge is -2.11. The van der Waals surface area contributed by atoms with Crippen molar-refractivity contribution in [2.45, 2.75) is 6.42 Å². The van der Waals surface area contributed by atoms with E-state index >= 15 is 0 Å². The van der Waals surface area contributed by atoms with E-state index in [1.165, 1.54) is 0 Å². The maximum absolute atomic E-state index is 7.60. The molecule has 0 saturated carbocycles.